The summed E-state index contributed by atoms with van der Waals surface area (Å²) in [4.78, 5) is 34.9. The fraction of sp³-hybridized carbons (Fsp3) is 0.682. The summed E-state index contributed by atoms with van der Waals surface area (Å²) in [5.41, 5.74) is 0. The zero-order valence-corrected chi connectivity index (χ0v) is 35.0. The molecular formula is C44H75O10P. The van der Waals surface area contributed by atoms with Gasteiger partial charge in [0.05, 0.1) is 19.8 Å². The molecule has 0 spiro atoms. The van der Waals surface area contributed by atoms with Crippen LogP contribution in [0.5, 0.6) is 0 Å². The first-order valence-corrected chi connectivity index (χ1v) is 22.4. The van der Waals surface area contributed by atoms with E-state index in [0.717, 1.165) is 89.9 Å². The third-order valence-electron chi connectivity index (χ3n) is 8.34. The Morgan fingerprint density at radius 2 is 1.00 bits per heavy atom. The van der Waals surface area contributed by atoms with Crippen molar-refractivity contribution in [2.24, 2.45) is 0 Å². The molecule has 0 amide bonds. The van der Waals surface area contributed by atoms with E-state index in [1.165, 1.54) is 25.7 Å². The predicted octanol–water partition coefficient (Wildman–Crippen LogP) is 10.9. The molecule has 0 aromatic heterocycles. The van der Waals surface area contributed by atoms with Gasteiger partial charge in [-0.15, -0.1) is 0 Å². The van der Waals surface area contributed by atoms with E-state index in [0.29, 0.717) is 12.8 Å². The zero-order chi connectivity index (χ0) is 40.5. The highest BCUT2D eigenvalue weighted by atomic mass is 31.2. The van der Waals surface area contributed by atoms with E-state index in [2.05, 4.69) is 91.3 Å². The van der Waals surface area contributed by atoms with Crippen LogP contribution in [0.1, 0.15) is 155 Å². The molecule has 0 aliphatic rings. The van der Waals surface area contributed by atoms with Crippen LogP contribution in [0.25, 0.3) is 0 Å². The number of rotatable bonds is 38. The topological polar surface area (TPSA) is 149 Å². The molecule has 0 aromatic rings. The number of carbonyl (C=O) groups is 2. The van der Waals surface area contributed by atoms with Gasteiger partial charge in [-0.1, -0.05) is 132 Å². The van der Waals surface area contributed by atoms with Gasteiger partial charge in [0.1, 0.15) is 12.7 Å². The lowest BCUT2D eigenvalue weighted by atomic mass is 10.1. The summed E-state index contributed by atoms with van der Waals surface area (Å²) in [6, 6.07) is 0. The smallest absolute Gasteiger partial charge is 0.462 e. The summed E-state index contributed by atoms with van der Waals surface area (Å²) in [7, 11) is -4.63. The fourth-order valence-corrected chi connectivity index (χ4v) is 5.92. The number of unbranched alkanes of at least 4 members (excludes halogenated alkanes) is 12. The van der Waals surface area contributed by atoms with Crippen molar-refractivity contribution in [1.82, 2.24) is 0 Å². The lowest BCUT2D eigenvalue weighted by Gasteiger charge is -2.20. The minimum absolute atomic E-state index is 0.163. The maximum Gasteiger partial charge on any atom is 0.472 e. The summed E-state index contributed by atoms with van der Waals surface area (Å²) in [5, 5.41) is 18.3. The molecular weight excluding hydrogens is 719 g/mol. The molecule has 0 fully saturated rings. The predicted molar refractivity (Wildman–Crippen MR) is 223 cm³/mol. The monoisotopic (exact) mass is 795 g/mol. The van der Waals surface area contributed by atoms with E-state index in [-0.39, 0.29) is 19.4 Å². The number of phosphoric acid groups is 1. The van der Waals surface area contributed by atoms with Crippen molar-refractivity contribution >= 4 is 19.8 Å². The first-order chi connectivity index (χ1) is 26.7. The molecule has 316 valence electrons. The number of allylic oxidation sites excluding steroid dienone is 12. The number of hydrogen-bond donors (Lipinski definition) is 3. The molecule has 0 bridgehead atoms. The number of aliphatic hydroxyl groups excluding tert-OH is 2. The molecule has 0 aliphatic heterocycles. The SMILES string of the molecule is CC/C=C/C/C=C/C/C=C/C/C=C/C/C=C/CCCCCC(=O)OC[C@@H](COP(=O)(O)OC[C@H](O)CO)OC(=O)CCCCCCC/C=C/CCCCCC. The molecule has 55 heavy (non-hydrogen) atoms. The van der Waals surface area contributed by atoms with Gasteiger partial charge in [0.2, 0.25) is 0 Å². The van der Waals surface area contributed by atoms with E-state index in [4.69, 9.17) is 19.1 Å². The molecule has 3 atom stereocenters. The summed E-state index contributed by atoms with van der Waals surface area (Å²) in [5.74, 6) is -0.980. The summed E-state index contributed by atoms with van der Waals surface area (Å²) in [6.45, 7) is 2.18. The van der Waals surface area contributed by atoms with E-state index in [1.807, 2.05) is 0 Å². The first-order valence-electron chi connectivity index (χ1n) is 20.9. The third-order valence-corrected chi connectivity index (χ3v) is 9.30. The van der Waals surface area contributed by atoms with Crippen molar-refractivity contribution < 1.29 is 47.8 Å². The molecule has 3 N–H and O–H groups in total. The van der Waals surface area contributed by atoms with Gasteiger partial charge in [-0.25, -0.2) is 4.57 Å². The number of esters is 2. The molecule has 0 aromatic carbocycles. The van der Waals surface area contributed by atoms with Gasteiger partial charge >= 0.3 is 19.8 Å². The quantitative estimate of drug-likeness (QED) is 0.0239. The summed E-state index contributed by atoms with van der Waals surface area (Å²) >= 11 is 0. The Balaban J connectivity index is 4.39. The van der Waals surface area contributed by atoms with Gasteiger partial charge in [-0.2, -0.15) is 0 Å². The molecule has 0 rings (SSSR count). The highest BCUT2D eigenvalue weighted by Gasteiger charge is 2.27. The number of aliphatic hydroxyl groups is 2. The summed E-state index contributed by atoms with van der Waals surface area (Å²) in [6.07, 6.45) is 44.4. The largest absolute Gasteiger partial charge is 0.472 e. The standard InChI is InChI=1S/C44H75O10P/c1-3-5-7-9-11-13-15-17-18-19-20-21-22-24-25-27-29-31-33-35-43(47)51-39-42(40-53-55(49,50)52-38-41(46)37-45)54-44(48)36-34-32-30-28-26-23-16-14-12-10-8-6-4-2/h5,7,11,13-14,16-18,20-21,24-25,41-42,45-46H,3-4,6,8-10,12,15,19,22-23,26-40H2,1-2H3,(H,49,50)/b7-5+,13-11+,16-14+,18-17+,21-20+,25-24+/t41-,42+/m1/s1. The van der Waals surface area contributed by atoms with E-state index < -0.39 is 51.8 Å². The van der Waals surface area contributed by atoms with E-state index in [1.54, 1.807) is 0 Å². The van der Waals surface area contributed by atoms with Gasteiger partial charge in [0.15, 0.2) is 6.10 Å². The van der Waals surface area contributed by atoms with Crippen LogP contribution in [0.3, 0.4) is 0 Å². The highest BCUT2D eigenvalue weighted by Crippen LogP contribution is 2.43. The number of hydrogen-bond acceptors (Lipinski definition) is 9. The summed E-state index contributed by atoms with van der Waals surface area (Å²) < 4.78 is 32.6. The van der Waals surface area contributed by atoms with Crippen molar-refractivity contribution in [2.45, 2.75) is 167 Å². The molecule has 0 aliphatic carbocycles. The lowest BCUT2D eigenvalue weighted by Crippen LogP contribution is -2.29. The van der Waals surface area contributed by atoms with E-state index >= 15 is 0 Å². The lowest BCUT2D eigenvalue weighted by molar-refractivity contribution is -0.161. The van der Waals surface area contributed by atoms with Crippen LogP contribution in [0.2, 0.25) is 0 Å². The van der Waals surface area contributed by atoms with Crippen LogP contribution in [-0.4, -0.2) is 65.7 Å². The zero-order valence-electron chi connectivity index (χ0n) is 34.1. The first kappa shape index (κ1) is 52.4. The molecule has 1 unspecified atom stereocenters. The second-order valence-corrected chi connectivity index (χ2v) is 15.1. The Hall–Kier alpha value is -2.59. The van der Waals surface area contributed by atoms with Crippen LogP contribution >= 0.6 is 7.82 Å². The Bertz CT molecular complexity index is 1140. The number of phosphoric ester groups is 1. The van der Waals surface area contributed by atoms with Crippen LogP contribution in [0.15, 0.2) is 72.9 Å². The Kier molecular flexibility index (Phi) is 37.8. The molecule has 0 heterocycles. The van der Waals surface area contributed by atoms with Crippen molar-refractivity contribution in [2.75, 3.05) is 26.4 Å². The van der Waals surface area contributed by atoms with Crippen molar-refractivity contribution in [3.63, 3.8) is 0 Å². The normalized spacial score (nSPS) is 14.6. The fourth-order valence-electron chi connectivity index (χ4n) is 5.13. The van der Waals surface area contributed by atoms with Gasteiger partial charge in [-0.05, 0) is 83.5 Å². The Labute approximate surface area is 333 Å². The number of ether oxygens (including phenoxy) is 2. The Morgan fingerprint density at radius 1 is 0.564 bits per heavy atom. The van der Waals surface area contributed by atoms with Crippen LogP contribution in [0, 0.1) is 0 Å². The van der Waals surface area contributed by atoms with Crippen LogP contribution < -0.4 is 0 Å². The maximum atomic E-state index is 12.6. The third kappa shape index (κ3) is 39.4. The Morgan fingerprint density at radius 3 is 1.55 bits per heavy atom. The second kappa shape index (κ2) is 39.6. The van der Waals surface area contributed by atoms with E-state index in [9.17, 15) is 24.2 Å². The molecule has 0 saturated heterocycles. The molecule has 0 saturated carbocycles. The van der Waals surface area contributed by atoms with Gasteiger partial charge in [-0.3, -0.25) is 18.6 Å². The average Bonchev–Trinajstić information content (AvgIpc) is 3.17. The van der Waals surface area contributed by atoms with Gasteiger partial charge in [0, 0.05) is 12.8 Å². The average molecular weight is 795 g/mol. The molecule has 11 heteroatoms. The van der Waals surface area contributed by atoms with Gasteiger partial charge < -0.3 is 24.6 Å². The molecule has 10 nitrogen and oxygen atoms in total. The maximum absolute atomic E-state index is 12.6. The van der Waals surface area contributed by atoms with Crippen molar-refractivity contribution in [3.05, 3.63) is 72.9 Å². The van der Waals surface area contributed by atoms with Crippen molar-refractivity contribution in [3.8, 4) is 0 Å². The minimum Gasteiger partial charge on any atom is -0.462 e. The number of carbonyl (C=O) groups excluding carboxylic acids is 2. The highest BCUT2D eigenvalue weighted by molar-refractivity contribution is 7.47. The van der Waals surface area contributed by atoms with Crippen LogP contribution in [0.4, 0.5) is 0 Å². The van der Waals surface area contributed by atoms with Crippen LogP contribution in [-0.2, 0) is 32.7 Å². The molecule has 0 radical (unpaired) electrons. The minimum atomic E-state index is -4.63. The van der Waals surface area contributed by atoms with Gasteiger partial charge in [0.25, 0.3) is 0 Å². The second-order valence-electron chi connectivity index (χ2n) is 13.6. The van der Waals surface area contributed by atoms with Crippen molar-refractivity contribution in [1.29, 1.82) is 0 Å².